The Labute approximate surface area is 211 Å². The second-order valence-corrected chi connectivity index (χ2v) is 9.88. The van der Waals surface area contributed by atoms with Gasteiger partial charge in [-0.15, -0.1) is 0 Å². The number of hydrogen-bond donors (Lipinski definition) is 3. The molecule has 1 aliphatic heterocycles. The molecule has 3 aromatic rings. The number of nitrogens with one attached hydrogen (secondary N) is 1. The van der Waals surface area contributed by atoms with E-state index in [1.165, 1.54) is 13.3 Å². The molecule has 5 atom stereocenters. The van der Waals surface area contributed by atoms with Crippen molar-refractivity contribution in [3.8, 4) is 5.75 Å². The summed E-state index contributed by atoms with van der Waals surface area (Å²) in [6.45, 7) is 2.85. The number of carbonyl (C=O) groups excluding carboxylic acids is 1. The van der Waals surface area contributed by atoms with Crippen molar-refractivity contribution >= 4 is 42.3 Å². The molecule has 2 unspecified atom stereocenters. The second-order valence-electron chi connectivity index (χ2n) is 7.90. The van der Waals surface area contributed by atoms with Crippen molar-refractivity contribution in [2.24, 2.45) is 0 Å². The van der Waals surface area contributed by atoms with Gasteiger partial charge in [0.1, 0.15) is 35.7 Å². The van der Waals surface area contributed by atoms with Crippen LogP contribution in [-0.2, 0) is 23.4 Å². The average Bonchev–Trinajstić information content (AvgIpc) is 3.43. The van der Waals surface area contributed by atoms with E-state index in [-0.39, 0.29) is 29.9 Å². The Morgan fingerprint density at radius 2 is 2.14 bits per heavy atom. The van der Waals surface area contributed by atoms with Gasteiger partial charge in [-0.3, -0.25) is 13.9 Å². The zero-order valence-electron chi connectivity index (χ0n) is 19.5. The SMILES string of the molecule is CCOC(=O)[C@H](C)NP(=O)(Oc1ccccc1)O[C@@H]1C[C@H](n2cnc3c(N)nc(Cl)nc32)OC1CO. The Hall–Kier alpha value is -2.80. The van der Waals surface area contributed by atoms with Gasteiger partial charge in [0.05, 0.1) is 19.5 Å². The van der Waals surface area contributed by atoms with Crippen LogP contribution in [-0.4, -0.2) is 62.1 Å². The smallest absolute Gasteiger partial charge is 0.459 e. The lowest BCUT2D eigenvalue weighted by Gasteiger charge is -2.26. The minimum absolute atomic E-state index is 0.0656. The van der Waals surface area contributed by atoms with Gasteiger partial charge < -0.3 is 24.8 Å². The molecule has 1 aromatic carbocycles. The van der Waals surface area contributed by atoms with Crippen molar-refractivity contribution in [2.75, 3.05) is 18.9 Å². The highest BCUT2D eigenvalue weighted by Gasteiger charge is 2.44. The highest BCUT2D eigenvalue weighted by atomic mass is 35.5. The van der Waals surface area contributed by atoms with Crippen molar-refractivity contribution in [3.05, 3.63) is 41.9 Å². The Bertz CT molecular complexity index is 1260. The van der Waals surface area contributed by atoms with Crippen LogP contribution in [0.15, 0.2) is 36.7 Å². The molecule has 0 radical (unpaired) electrons. The lowest BCUT2D eigenvalue weighted by Crippen LogP contribution is -2.37. The molecule has 0 amide bonds. The molecule has 0 bridgehead atoms. The average molecular weight is 541 g/mol. The Kier molecular flexibility index (Phi) is 8.08. The summed E-state index contributed by atoms with van der Waals surface area (Å²) >= 11 is 5.96. The molecule has 0 saturated carbocycles. The Morgan fingerprint density at radius 3 is 2.83 bits per heavy atom. The molecule has 4 rings (SSSR count). The number of nitrogen functional groups attached to an aromatic ring is 1. The van der Waals surface area contributed by atoms with Crippen LogP contribution in [0.1, 0.15) is 26.5 Å². The number of hydrogen-bond acceptors (Lipinski definition) is 11. The third kappa shape index (κ3) is 5.77. The topological polar surface area (TPSA) is 173 Å². The first-order valence-electron chi connectivity index (χ1n) is 11.1. The third-order valence-corrected chi connectivity index (χ3v) is 7.20. The number of ether oxygens (including phenoxy) is 2. The van der Waals surface area contributed by atoms with Crippen LogP contribution in [0.4, 0.5) is 5.82 Å². The number of aliphatic hydroxyl groups excluding tert-OH is 1. The van der Waals surface area contributed by atoms with E-state index in [9.17, 15) is 14.5 Å². The van der Waals surface area contributed by atoms with Gasteiger partial charge in [0, 0.05) is 6.42 Å². The zero-order chi connectivity index (χ0) is 25.9. The van der Waals surface area contributed by atoms with E-state index in [1.807, 2.05) is 0 Å². The van der Waals surface area contributed by atoms with Crippen molar-refractivity contribution in [2.45, 2.75) is 44.7 Å². The molecule has 1 fully saturated rings. The first kappa shape index (κ1) is 26.3. The number of esters is 1. The quantitative estimate of drug-likeness (QED) is 0.195. The molecule has 36 heavy (non-hydrogen) atoms. The highest BCUT2D eigenvalue weighted by molar-refractivity contribution is 7.52. The number of carbonyl (C=O) groups is 1. The molecule has 2 aromatic heterocycles. The fourth-order valence-corrected chi connectivity index (χ4v) is 5.59. The molecule has 1 aliphatic rings. The summed E-state index contributed by atoms with van der Waals surface area (Å²) in [6.07, 6.45) is -0.905. The summed E-state index contributed by atoms with van der Waals surface area (Å²) in [5.74, 6) is -0.273. The van der Waals surface area contributed by atoms with E-state index in [4.69, 9.17) is 35.9 Å². The summed E-state index contributed by atoms with van der Waals surface area (Å²) in [6, 6.07) is 7.34. The summed E-state index contributed by atoms with van der Waals surface area (Å²) in [5.41, 5.74) is 6.54. The third-order valence-electron chi connectivity index (χ3n) is 5.33. The fraction of sp³-hybridized carbons (Fsp3) is 0.429. The molecule has 0 spiro atoms. The number of aliphatic hydroxyl groups is 1. The number of fused-ring (bicyclic) bond motifs is 1. The van der Waals surface area contributed by atoms with E-state index in [0.29, 0.717) is 11.2 Å². The maximum absolute atomic E-state index is 13.8. The Morgan fingerprint density at radius 1 is 1.39 bits per heavy atom. The first-order chi connectivity index (χ1) is 17.2. The summed E-state index contributed by atoms with van der Waals surface area (Å²) in [4.78, 5) is 24.5. The van der Waals surface area contributed by atoms with Gasteiger partial charge in [0.15, 0.2) is 11.5 Å². The second kappa shape index (κ2) is 11.1. The first-order valence-corrected chi connectivity index (χ1v) is 13.0. The van der Waals surface area contributed by atoms with Crippen molar-refractivity contribution in [1.29, 1.82) is 0 Å². The van der Waals surface area contributed by atoms with Crippen LogP contribution in [0.25, 0.3) is 11.2 Å². The van der Waals surface area contributed by atoms with Crippen molar-refractivity contribution < 1.29 is 33.0 Å². The fourth-order valence-electron chi connectivity index (χ4n) is 3.70. The van der Waals surface area contributed by atoms with Gasteiger partial charge in [-0.1, -0.05) is 18.2 Å². The number of aromatic nitrogens is 4. The van der Waals surface area contributed by atoms with Crippen LogP contribution in [0.3, 0.4) is 0 Å². The number of rotatable bonds is 10. The van der Waals surface area contributed by atoms with Gasteiger partial charge in [-0.05, 0) is 37.6 Å². The predicted octanol–water partition coefficient (Wildman–Crippen LogP) is 2.46. The van der Waals surface area contributed by atoms with Crippen LogP contribution in [0.2, 0.25) is 5.28 Å². The van der Waals surface area contributed by atoms with Crippen LogP contribution >= 0.6 is 19.3 Å². The molecule has 0 aliphatic carbocycles. The van der Waals surface area contributed by atoms with Crippen molar-refractivity contribution in [1.82, 2.24) is 24.6 Å². The molecular formula is C21H26ClN6O7P. The molecule has 15 heteroatoms. The molecule has 194 valence electrons. The van der Waals surface area contributed by atoms with E-state index in [2.05, 4.69) is 20.0 Å². The standard InChI is InChI=1S/C21H26ClN6O7P/c1-3-32-20(30)12(2)27-36(31,34-13-7-5-4-6-8-13)35-14-9-16(33-15(14)10-29)28-11-24-17-18(23)25-21(22)26-19(17)28/h4-8,11-12,14-16,29H,3,9-10H2,1-2H3,(H,27,31)(H2,23,25,26)/t12-,14+,15?,16+,36?/m0/s1. The van der Waals surface area contributed by atoms with E-state index < -0.39 is 44.8 Å². The summed E-state index contributed by atoms with van der Waals surface area (Å²) in [5, 5.41) is 12.5. The number of halogens is 1. The van der Waals surface area contributed by atoms with E-state index >= 15 is 0 Å². The van der Waals surface area contributed by atoms with Crippen molar-refractivity contribution in [3.63, 3.8) is 0 Å². The number of nitrogens with zero attached hydrogens (tertiary/aromatic N) is 4. The summed E-state index contributed by atoms with van der Waals surface area (Å²) in [7, 11) is -4.18. The Balaban J connectivity index is 1.59. The summed E-state index contributed by atoms with van der Waals surface area (Å²) < 4.78 is 38.0. The molecular weight excluding hydrogens is 515 g/mol. The van der Waals surface area contributed by atoms with Crippen LogP contribution in [0, 0.1) is 0 Å². The minimum atomic E-state index is -4.18. The van der Waals surface area contributed by atoms with Crippen LogP contribution in [0.5, 0.6) is 5.75 Å². The van der Waals surface area contributed by atoms with Gasteiger partial charge in [-0.2, -0.15) is 15.1 Å². The minimum Gasteiger partial charge on any atom is -0.465 e. The molecule has 4 N–H and O–H groups in total. The maximum atomic E-state index is 13.8. The normalized spacial score (nSPS) is 22.3. The lowest BCUT2D eigenvalue weighted by atomic mass is 10.2. The largest absolute Gasteiger partial charge is 0.465 e. The van der Waals surface area contributed by atoms with Gasteiger partial charge in [0.25, 0.3) is 0 Å². The molecule has 3 heterocycles. The lowest BCUT2D eigenvalue weighted by molar-refractivity contribution is -0.144. The number of nitrogens with two attached hydrogens (primary N) is 1. The number of imidazole rings is 1. The maximum Gasteiger partial charge on any atom is 0.459 e. The van der Waals surface area contributed by atoms with Gasteiger partial charge >= 0.3 is 13.7 Å². The molecule has 13 nitrogen and oxygen atoms in total. The van der Waals surface area contributed by atoms with E-state index in [0.717, 1.165) is 0 Å². The predicted molar refractivity (Wildman–Crippen MR) is 129 cm³/mol. The van der Waals surface area contributed by atoms with Gasteiger partial charge in [0.2, 0.25) is 5.28 Å². The highest BCUT2D eigenvalue weighted by Crippen LogP contribution is 2.49. The van der Waals surface area contributed by atoms with Crippen LogP contribution < -0.4 is 15.3 Å². The monoisotopic (exact) mass is 540 g/mol. The molecule has 1 saturated heterocycles. The number of benzene rings is 1. The van der Waals surface area contributed by atoms with Gasteiger partial charge in [-0.25, -0.2) is 9.55 Å². The van der Waals surface area contributed by atoms with E-state index in [1.54, 1.807) is 41.8 Å². The number of anilines is 1. The zero-order valence-corrected chi connectivity index (χ0v) is 21.1. The number of para-hydroxylation sites is 1.